The highest BCUT2D eigenvalue weighted by molar-refractivity contribution is 5.89. The number of carbonyl (C=O) groups is 3. The van der Waals surface area contributed by atoms with E-state index in [-0.39, 0.29) is 25.4 Å². The zero-order valence-electron chi connectivity index (χ0n) is 16.4. The van der Waals surface area contributed by atoms with E-state index in [1.807, 2.05) is 44.2 Å². The van der Waals surface area contributed by atoms with Gasteiger partial charge in [0.1, 0.15) is 18.7 Å². The van der Waals surface area contributed by atoms with Crippen LogP contribution in [0.4, 0.5) is 4.79 Å². The molecule has 2 rings (SSSR count). The summed E-state index contributed by atoms with van der Waals surface area (Å²) in [6.07, 6.45) is 2.59. The third kappa shape index (κ3) is 7.65. The summed E-state index contributed by atoms with van der Waals surface area (Å²) in [6, 6.07) is 7.06. The highest BCUT2D eigenvalue weighted by Gasteiger charge is 2.28. The van der Waals surface area contributed by atoms with E-state index in [1.54, 1.807) is 0 Å². The largest absolute Gasteiger partial charge is 0.480 e. The highest BCUT2D eigenvalue weighted by atomic mass is 16.5. The molecule has 156 valence electrons. The normalized spacial score (nSPS) is 12.8. The topological polar surface area (TPSA) is 133 Å². The lowest BCUT2D eigenvalue weighted by Crippen LogP contribution is -2.52. The molecule has 2 atom stereocenters. The van der Waals surface area contributed by atoms with Gasteiger partial charge in [0.15, 0.2) is 0 Å². The Hall–Kier alpha value is -3.36. The molecule has 2 amide bonds. The fourth-order valence-corrected chi connectivity index (χ4v) is 2.70. The number of rotatable bonds is 10. The SMILES string of the molecule is CC(C)C[C@H](NC(=O)[C@@H](Cc1cnc[nH]1)NC(=O)OCc1ccccc1)C(=O)O. The molecule has 4 N–H and O–H groups in total. The molecule has 1 aromatic carbocycles. The monoisotopic (exact) mass is 402 g/mol. The van der Waals surface area contributed by atoms with Gasteiger partial charge in [0.05, 0.1) is 6.33 Å². The number of hydrogen-bond acceptors (Lipinski definition) is 5. The van der Waals surface area contributed by atoms with Gasteiger partial charge in [0, 0.05) is 18.3 Å². The summed E-state index contributed by atoms with van der Waals surface area (Å²) in [4.78, 5) is 43.1. The van der Waals surface area contributed by atoms with Crippen LogP contribution >= 0.6 is 0 Å². The number of H-pyrrole nitrogens is 1. The van der Waals surface area contributed by atoms with Gasteiger partial charge in [-0.2, -0.15) is 0 Å². The maximum absolute atomic E-state index is 12.7. The molecule has 9 nitrogen and oxygen atoms in total. The molecule has 1 aromatic heterocycles. The maximum Gasteiger partial charge on any atom is 0.408 e. The van der Waals surface area contributed by atoms with Crippen LogP contribution in [-0.2, 0) is 27.4 Å². The molecule has 0 aliphatic rings. The van der Waals surface area contributed by atoms with E-state index >= 15 is 0 Å². The lowest BCUT2D eigenvalue weighted by Gasteiger charge is -2.22. The summed E-state index contributed by atoms with van der Waals surface area (Å²) in [5, 5.41) is 14.4. The van der Waals surface area contributed by atoms with E-state index in [9.17, 15) is 19.5 Å². The third-order valence-electron chi connectivity index (χ3n) is 4.12. The number of aromatic nitrogens is 2. The smallest absolute Gasteiger partial charge is 0.408 e. The zero-order valence-corrected chi connectivity index (χ0v) is 16.4. The molecule has 0 saturated heterocycles. The first-order valence-corrected chi connectivity index (χ1v) is 9.32. The maximum atomic E-state index is 12.7. The fraction of sp³-hybridized carbons (Fsp3) is 0.400. The van der Waals surface area contributed by atoms with Crippen LogP contribution in [-0.4, -0.2) is 45.1 Å². The number of benzene rings is 1. The Bertz CT molecular complexity index is 792. The number of aromatic amines is 1. The van der Waals surface area contributed by atoms with Crippen molar-refractivity contribution in [2.45, 2.75) is 45.4 Å². The number of nitrogens with zero attached hydrogens (tertiary/aromatic N) is 1. The molecular weight excluding hydrogens is 376 g/mol. The molecule has 29 heavy (non-hydrogen) atoms. The number of nitrogens with one attached hydrogen (secondary N) is 3. The summed E-state index contributed by atoms with van der Waals surface area (Å²) >= 11 is 0. The number of amides is 2. The predicted molar refractivity (Wildman–Crippen MR) is 105 cm³/mol. The van der Waals surface area contributed by atoms with Crippen LogP contribution in [0.15, 0.2) is 42.9 Å². The number of ether oxygens (including phenoxy) is 1. The van der Waals surface area contributed by atoms with Crippen LogP contribution in [0.3, 0.4) is 0 Å². The summed E-state index contributed by atoms with van der Waals surface area (Å²) in [5.41, 5.74) is 1.42. The molecule has 0 saturated carbocycles. The van der Waals surface area contributed by atoms with Gasteiger partial charge in [-0.25, -0.2) is 14.6 Å². The van der Waals surface area contributed by atoms with Crippen LogP contribution in [0, 0.1) is 5.92 Å². The van der Waals surface area contributed by atoms with E-state index in [2.05, 4.69) is 20.6 Å². The number of carboxylic acids is 1. The van der Waals surface area contributed by atoms with Gasteiger partial charge >= 0.3 is 12.1 Å². The molecule has 0 aliphatic heterocycles. The highest BCUT2D eigenvalue weighted by Crippen LogP contribution is 2.07. The minimum atomic E-state index is -1.13. The van der Waals surface area contributed by atoms with E-state index in [4.69, 9.17) is 4.74 Å². The Kier molecular flexibility index (Phi) is 8.20. The van der Waals surface area contributed by atoms with Crippen molar-refractivity contribution in [3.8, 4) is 0 Å². The van der Waals surface area contributed by atoms with Crippen molar-refractivity contribution in [1.82, 2.24) is 20.6 Å². The second kappa shape index (κ2) is 10.8. The lowest BCUT2D eigenvalue weighted by molar-refractivity contribution is -0.142. The van der Waals surface area contributed by atoms with Crippen molar-refractivity contribution < 1.29 is 24.2 Å². The van der Waals surface area contributed by atoms with Gasteiger partial charge in [0.2, 0.25) is 5.91 Å². The molecular formula is C20H26N4O5. The second-order valence-corrected chi connectivity index (χ2v) is 7.07. The number of imidazole rings is 1. The minimum Gasteiger partial charge on any atom is -0.480 e. The van der Waals surface area contributed by atoms with Crippen molar-refractivity contribution >= 4 is 18.0 Å². The number of carboxylic acid groups (broad SMARTS) is 1. The Morgan fingerprint density at radius 1 is 1.14 bits per heavy atom. The molecule has 0 spiro atoms. The summed E-state index contributed by atoms with van der Waals surface area (Å²) in [6.45, 7) is 3.78. The number of alkyl carbamates (subject to hydrolysis) is 1. The molecule has 0 aliphatic carbocycles. The van der Waals surface area contributed by atoms with E-state index < -0.39 is 30.1 Å². The predicted octanol–water partition coefficient (Wildman–Crippen LogP) is 1.86. The number of carbonyl (C=O) groups excluding carboxylic acids is 2. The van der Waals surface area contributed by atoms with Crippen molar-refractivity contribution in [3.05, 3.63) is 54.1 Å². The molecule has 0 radical (unpaired) electrons. The van der Waals surface area contributed by atoms with Crippen LogP contribution in [0.1, 0.15) is 31.5 Å². The van der Waals surface area contributed by atoms with Gasteiger partial charge < -0.3 is 25.5 Å². The Morgan fingerprint density at radius 3 is 2.45 bits per heavy atom. The average Bonchev–Trinajstić information content (AvgIpc) is 3.19. The number of aliphatic carboxylic acids is 1. The van der Waals surface area contributed by atoms with Crippen molar-refractivity contribution in [3.63, 3.8) is 0 Å². The zero-order chi connectivity index (χ0) is 21.2. The van der Waals surface area contributed by atoms with Crippen molar-refractivity contribution in [2.24, 2.45) is 5.92 Å². The summed E-state index contributed by atoms with van der Waals surface area (Å²) in [7, 11) is 0. The molecule has 9 heteroatoms. The van der Waals surface area contributed by atoms with Gasteiger partial charge in [-0.15, -0.1) is 0 Å². The second-order valence-electron chi connectivity index (χ2n) is 7.07. The van der Waals surface area contributed by atoms with E-state index in [0.29, 0.717) is 5.69 Å². The Balaban J connectivity index is 2.02. The van der Waals surface area contributed by atoms with Gasteiger partial charge in [-0.3, -0.25) is 4.79 Å². The summed E-state index contributed by atoms with van der Waals surface area (Å²) < 4.78 is 5.17. The van der Waals surface area contributed by atoms with Crippen molar-refractivity contribution in [2.75, 3.05) is 0 Å². The number of hydrogen-bond donors (Lipinski definition) is 4. The third-order valence-corrected chi connectivity index (χ3v) is 4.12. The van der Waals surface area contributed by atoms with Crippen LogP contribution in [0.2, 0.25) is 0 Å². The van der Waals surface area contributed by atoms with Crippen LogP contribution in [0.25, 0.3) is 0 Å². The van der Waals surface area contributed by atoms with E-state index in [1.165, 1.54) is 12.5 Å². The molecule has 0 fully saturated rings. The molecule has 2 aromatic rings. The minimum absolute atomic E-state index is 0.0518. The molecule has 1 heterocycles. The Morgan fingerprint density at radius 2 is 1.86 bits per heavy atom. The first-order chi connectivity index (χ1) is 13.8. The van der Waals surface area contributed by atoms with Crippen molar-refractivity contribution in [1.29, 1.82) is 0 Å². The Labute approximate surface area is 168 Å². The lowest BCUT2D eigenvalue weighted by atomic mass is 10.0. The van der Waals surface area contributed by atoms with Gasteiger partial charge in [-0.05, 0) is 17.9 Å². The van der Waals surface area contributed by atoms with E-state index in [0.717, 1.165) is 5.56 Å². The average molecular weight is 402 g/mol. The first-order valence-electron chi connectivity index (χ1n) is 9.32. The molecule has 0 unspecified atom stereocenters. The van der Waals surface area contributed by atoms with Gasteiger partial charge in [-0.1, -0.05) is 44.2 Å². The van der Waals surface area contributed by atoms with Crippen LogP contribution < -0.4 is 10.6 Å². The standard InChI is InChI=1S/C20H26N4O5/c1-13(2)8-17(19(26)27)23-18(25)16(9-15-10-21-12-22-15)24-20(28)29-11-14-6-4-3-5-7-14/h3-7,10,12-13,16-17H,8-9,11H2,1-2H3,(H,21,22)(H,23,25)(H,24,28)(H,26,27)/t16-,17+/m1/s1. The fourth-order valence-electron chi connectivity index (χ4n) is 2.70. The van der Waals surface area contributed by atoms with Crippen LogP contribution in [0.5, 0.6) is 0 Å². The quantitative estimate of drug-likeness (QED) is 0.479. The first kappa shape index (κ1) is 21.9. The summed E-state index contributed by atoms with van der Waals surface area (Å²) in [5.74, 6) is -1.66. The van der Waals surface area contributed by atoms with Gasteiger partial charge in [0.25, 0.3) is 0 Å². The molecule has 0 bridgehead atoms.